The van der Waals surface area contributed by atoms with Crippen LogP contribution in [0.5, 0.6) is 11.5 Å². The Bertz CT molecular complexity index is 1180. The number of nitrogens with one attached hydrogen (secondary N) is 1. The smallest absolute Gasteiger partial charge is 0.338 e. The SMILES string of the molecule is CC(=O)OCC(C)(C)NCCCOC(=O)c1cc(OCc2ccccc2)c(OCc2ccccc2)cc1C. The zero-order chi connectivity index (χ0) is 27.4. The fraction of sp³-hybridized carbons (Fsp3) is 0.355. The van der Waals surface area contributed by atoms with E-state index in [0.29, 0.717) is 43.2 Å². The highest BCUT2D eigenvalue weighted by atomic mass is 16.5. The molecule has 0 spiro atoms. The maximum Gasteiger partial charge on any atom is 0.338 e. The molecule has 3 aromatic rings. The summed E-state index contributed by atoms with van der Waals surface area (Å²) in [6.07, 6.45) is 0.615. The van der Waals surface area contributed by atoms with Crippen LogP contribution in [-0.4, -0.2) is 37.2 Å². The quantitative estimate of drug-likeness (QED) is 0.218. The molecule has 0 aliphatic carbocycles. The first-order valence-electron chi connectivity index (χ1n) is 12.8. The third-order valence-electron chi connectivity index (χ3n) is 5.78. The van der Waals surface area contributed by atoms with Gasteiger partial charge in [-0.1, -0.05) is 60.7 Å². The van der Waals surface area contributed by atoms with Gasteiger partial charge >= 0.3 is 11.9 Å². The lowest BCUT2D eigenvalue weighted by atomic mass is 10.1. The fourth-order valence-corrected chi connectivity index (χ4v) is 3.65. The van der Waals surface area contributed by atoms with Crippen molar-refractivity contribution in [3.8, 4) is 11.5 Å². The van der Waals surface area contributed by atoms with E-state index in [1.807, 2.05) is 87.5 Å². The van der Waals surface area contributed by atoms with E-state index in [-0.39, 0.29) is 24.7 Å². The van der Waals surface area contributed by atoms with Gasteiger partial charge in [0.25, 0.3) is 0 Å². The average Bonchev–Trinajstić information content (AvgIpc) is 2.91. The molecule has 0 heterocycles. The maximum absolute atomic E-state index is 12.9. The van der Waals surface area contributed by atoms with Gasteiger partial charge in [-0.3, -0.25) is 4.79 Å². The number of benzene rings is 3. The lowest BCUT2D eigenvalue weighted by molar-refractivity contribution is -0.142. The number of rotatable bonds is 14. The van der Waals surface area contributed by atoms with Crippen molar-refractivity contribution >= 4 is 11.9 Å². The molecule has 0 fully saturated rings. The summed E-state index contributed by atoms with van der Waals surface area (Å²) in [7, 11) is 0. The van der Waals surface area contributed by atoms with Crippen LogP contribution < -0.4 is 14.8 Å². The topological polar surface area (TPSA) is 83.1 Å². The predicted octanol–water partition coefficient (Wildman–Crippen LogP) is 5.63. The van der Waals surface area contributed by atoms with Crippen molar-refractivity contribution in [2.24, 2.45) is 0 Å². The van der Waals surface area contributed by atoms with Crippen molar-refractivity contribution in [2.45, 2.75) is 52.9 Å². The summed E-state index contributed by atoms with van der Waals surface area (Å²) in [5, 5.41) is 3.31. The van der Waals surface area contributed by atoms with E-state index >= 15 is 0 Å². The maximum atomic E-state index is 12.9. The number of carbonyl (C=O) groups is 2. The van der Waals surface area contributed by atoms with Crippen molar-refractivity contribution in [1.29, 1.82) is 0 Å². The molecule has 0 saturated heterocycles. The van der Waals surface area contributed by atoms with Crippen LogP contribution in [0.2, 0.25) is 0 Å². The van der Waals surface area contributed by atoms with Crippen LogP contribution in [0.25, 0.3) is 0 Å². The van der Waals surface area contributed by atoms with Crippen LogP contribution >= 0.6 is 0 Å². The first-order valence-corrected chi connectivity index (χ1v) is 12.8. The molecule has 7 heteroatoms. The highest BCUT2D eigenvalue weighted by Gasteiger charge is 2.19. The van der Waals surface area contributed by atoms with Gasteiger partial charge in [0.05, 0.1) is 12.2 Å². The Morgan fingerprint density at radius 2 is 1.37 bits per heavy atom. The van der Waals surface area contributed by atoms with Crippen LogP contribution in [0.15, 0.2) is 72.8 Å². The summed E-state index contributed by atoms with van der Waals surface area (Å²) in [4.78, 5) is 24.0. The van der Waals surface area contributed by atoms with Gasteiger partial charge in [-0.25, -0.2) is 4.79 Å². The largest absolute Gasteiger partial charge is 0.485 e. The minimum atomic E-state index is -0.416. The number of hydrogen-bond acceptors (Lipinski definition) is 7. The van der Waals surface area contributed by atoms with Crippen molar-refractivity contribution in [3.05, 3.63) is 95.1 Å². The highest BCUT2D eigenvalue weighted by Crippen LogP contribution is 2.33. The molecule has 0 aromatic heterocycles. The molecule has 0 aliphatic rings. The molecule has 1 N–H and O–H groups in total. The Kier molecular flexibility index (Phi) is 10.7. The number of carbonyl (C=O) groups excluding carboxylic acids is 2. The second-order valence-electron chi connectivity index (χ2n) is 9.74. The van der Waals surface area contributed by atoms with Gasteiger partial charge in [0.15, 0.2) is 11.5 Å². The molecule has 7 nitrogen and oxygen atoms in total. The van der Waals surface area contributed by atoms with Gasteiger partial charge in [-0.05, 0) is 62.6 Å². The monoisotopic (exact) mass is 519 g/mol. The molecule has 0 bridgehead atoms. The summed E-state index contributed by atoms with van der Waals surface area (Å²) in [6, 6.07) is 23.2. The highest BCUT2D eigenvalue weighted by molar-refractivity contribution is 5.92. The van der Waals surface area contributed by atoms with Gasteiger partial charge in [0.2, 0.25) is 0 Å². The third kappa shape index (κ3) is 9.56. The second kappa shape index (κ2) is 14.2. The summed E-state index contributed by atoms with van der Waals surface area (Å²) in [5.74, 6) is 0.322. The standard InChI is InChI=1S/C31H37NO6/c1-23-18-28(36-20-25-12-7-5-8-13-25)29(37-21-26-14-9-6-10-15-26)19-27(23)30(34)35-17-11-16-32-31(3,4)22-38-24(2)33/h5-10,12-15,18-19,32H,11,16-17,20-22H2,1-4H3. The van der Waals surface area contributed by atoms with E-state index < -0.39 is 5.97 Å². The Morgan fingerprint density at radius 3 is 1.92 bits per heavy atom. The molecule has 0 radical (unpaired) electrons. The molecule has 38 heavy (non-hydrogen) atoms. The third-order valence-corrected chi connectivity index (χ3v) is 5.78. The number of esters is 2. The summed E-state index contributed by atoms with van der Waals surface area (Å²) >= 11 is 0. The van der Waals surface area contributed by atoms with Gasteiger partial charge in [0, 0.05) is 12.5 Å². The molecular weight excluding hydrogens is 482 g/mol. The molecule has 0 unspecified atom stereocenters. The van der Waals surface area contributed by atoms with E-state index in [0.717, 1.165) is 16.7 Å². The summed E-state index contributed by atoms with van der Waals surface area (Å²) in [6.45, 7) is 8.99. The Hall–Kier alpha value is -3.84. The molecular formula is C31H37NO6. The van der Waals surface area contributed by atoms with E-state index in [1.54, 1.807) is 6.07 Å². The minimum Gasteiger partial charge on any atom is -0.485 e. The lowest BCUT2D eigenvalue weighted by Crippen LogP contribution is -2.44. The van der Waals surface area contributed by atoms with Gasteiger partial charge < -0.3 is 24.3 Å². The lowest BCUT2D eigenvalue weighted by Gasteiger charge is -2.25. The van der Waals surface area contributed by atoms with E-state index in [2.05, 4.69) is 5.32 Å². The van der Waals surface area contributed by atoms with Crippen molar-refractivity contribution < 1.29 is 28.5 Å². The Balaban J connectivity index is 1.62. The second-order valence-corrected chi connectivity index (χ2v) is 9.74. The molecule has 3 rings (SSSR count). The van der Waals surface area contributed by atoms with Crippen LogP contribution in [0.1, 0.15) is 54.2 Å². The molecule has 3 aromatic carbocycles. The van der Waals surface area contributed by atoms with Crippen molar-refractivity contribution in [1.82, 2.24) is 5.32 Å². The molecule has 0 saturated carbocycles. The summed E-state index contributed by atoms with van der Waals surface area (Å²) in [5.41, 5.74) is 2.85. The Morgan fingerprint density at radius 1 is 0.816 bits per heavy atom. The fourth-order valence-electron chi connectivity index (χ4n) is 3.65. The number of aryl methyl sites for hydroxylation is 1. The molecule has 0 atom stereocenters. The van der Waals surface area contributed by atoms with Crippen molar-refractivity contribution in [3.63, 3.8) is 0 Å². The van der Waals surface area contributed by atoms with Gasteiger partial charge in [0.1, 0.15) is 19.8 Å². The number of ether oxygens (including phenoxy) is 4. The van der Waals surface area contributed by atoms with E-state index in [1.165, 1.54) is 6.92 Å². The molecule has 0 amide bonds. The van der Waals surface area contributed by atoms with Crippen molar-refractivity contribution in [2.75, 3.05) is 19.8 Å². The van der Waals surface area contributed by atoms with Crippen LogP contribution in [0, 0.1) is 6.92 Å². The van der Waals surface area contributed by atoms with Crippen LogP contribution in [-0.2, 0) is 27.5 Å². The molecule has 0 aliphatic heterocycles. The Labute approximate surface area is 225 Å². The number of hydrogen-bond donors (Lipinski definition) is 1. The first kappa shape index (κ1) is 28.7. The average molecular weight is 520 g/mol. The van der Waals surface area contributed by atoms with E-state index in [4.69, 9.17) is 18.9 Å². The molecule has 202 valence electrons. The zero-order valence-corrected chi connectivity index (χ0v) is 22.6. The van der Waals surface area contributed by atoms with Gasteiger partial charge in [-0.15, -0.1) is 0 Å². The first-order chi connectivity index (χ1) is 18.2. The van der Waals surface area contributed by atoms with Crippen LogP contribution in [0.3, 0.4) is 0 Å². The minimum absolute atomic E-state index is 0.251. The van der Waals surface area contributed by atoms with E-state index in [9.17, 15) is 9.59 Å². The zero-order valence-electron chi connectivity index (χ0n) is 22.6. The van der Waals surface area contributed by atoms with Gasteiger partial charge in [-0.2, -0.15) is 0 Å². The van der Waals surface area contributed by atoms with Crippen LogP contribution in [0.4, 0.5) is 0 Å². The predicted molar refractivity (Wildman–Crippen MR) is 146 cm³/mol. The summed E-state index contributed by atoms with van der Waals surface area (Å²) < 4.78 is 22.8. The normalized spacial score (nSPS) is 11.1.